The number of amides is 1. The van der Waals surface area contributed by atoms with Crippen LogP contribution in [0.15, 0.2) is 47.6 Å². The fourth-order valence-corrected chi connectivity index (χ4v) is 3.85. The third-order valence-corrected chi connectivity index (χ3v) is 5.95. The summed E-state index contributed by atoms with van der Waals surface area (Å²) in [6, 6.07) is 13.5. The Bertz CT molecular complexity index is 1000. The van der Waals surface area contributed by atoms with E-state index in [2.05, 4.69) is 20.8 Å². The van der Waals surface area contributed by atoms with E-state index in [0.29, 0.717) is 16.7 Å². The van der Waals surface area contributed by atoms with Crippen molar-refractivity contribution in [1.29, 1.82) is 0 Å². The lowest BCUT2D eigenvalue weighted by atomic mass is 10.1. The molecule has 0 saturated heterocycles. The first kappa shape index (κ1) is 21.2. The van der Waals surface area contributed by atoms with Gasteiger partial charge in [0.1, 0.15) is 0 Å². The van der Waals surface area contributed by atoms with Crippen molar-refractivity contribution < 1.29 is 4.79 Å². The van der Waals surface area contributed by atoms with Gasteiger partial charge in [-0.25, -0.2) is 0 Å². The van der Waals surface area contributed by atoms with Crippen LogP contribution < -0.4 is 10.6 Å². The van der Waals surface area contributed by atoms with Crippen molar-refractivity contribution in [2.24, 2.45) is 7.05 Å². The number of benzene rings is 2. The molecule has 0 unspecified atom stereocenters. The van der Waals surface area contributed by atoms with Crippen molar-refractivity contribution in [3.05, 3.63) is 64.4 Å². The van der Waals surface area contributed by atoms with Crippen molar-refractivity contribution >= 4 is 40.6 Å². The van der Waals surface area contributed by atoms with Crippen LogP contribution in [-0.2, 0) is 18.4 Å². The lowest BCUT2D eigenvalue weighted by Crippen LogP contribution is -2.23. The zero-order chi connectivity index (χ0) is 21.0. The van der Waals surface area contributed by atoms with E-state index in [1.165, 1.54) is 11.8 Å². The predicted molar refractivity (Wildman–Crippen MR) is 120 cm³/mol. The van der Waals surface area contributed by atoms with E-state index in [4.69, 9.17) is 11.6 Å². The standard InChI is InChI=1S/C21H24ClN5OS/c1-13-7-5-8-14(2)19(13)24-20(28)15(3)29-21-26-25-18(27(21)4)12-23-17-10-6-9-16(22)11-17/h5-11,15,23H,12H2,1-4H3,(H,24,28)/t15-/m0/s1. The molecule has 3 aromatic rings. The maximum absolute atomic E-state index is 12.7. The zero-order valence-electron chi connectivity index (χ0n) is 16.9. The second-order valence-corrected chi connectivity index (χ2v) is 8.58. The van der Waals surface area contributed by atoms with Gasteiger partial charge in [0.2, 0.25) is 5.91 Å². The minimum Gasteiger partial charge on any atom is -0.378 e. The number of nitrogens with zero attached hydrogens (tertiary/aromatic N) is 3. The number of halogens is 1. The first-order chi connectivity index (χ1) is 13.8. The van der Waals surface area contributed by atoms with E-state index >= 15 is 0 Å². The molecule has 0 spiro atoms. The number of hydrogen-bond acceptors (Lipinski definition) is 5. The number of aromatic nitrogens is 3. The van der Waals surface area contributed by atoms with E-state index in [1.807, 2.05) is 74.9 Å². The van der Waals surface area contributed by atoms with Gasteiger partial charge in [-0.15, -0.1) is 10.2 Å². The first-order valence-corrected chi connectivity index (χ1v) is 10.5. The fraction of sp³-hybridized carbons (Fsp3) is 0.286. The predicted octanol–water partition coefficient (Wildman–Crippen LogP) is 4.82. The largest absolute Gasteiger partial charge is 0.378 e. The molecule has 0 fully saturated rings. The molecule has 6 nitrogen and oxygen atoms in total. The van der Waals surface area contributed by atoms with Crippen molar-refractivity contribution in [1.82, 2.24) is 14.8 Å². The summed E-state index contributed by atoms with van der Waals surface area (Å²) in [6.45, 7) is 6.35. The molecule has 1 amide bonds. The van der Waals surface area contributed by atoms with Crippen molar-refractivity contribution in [2.45, 2.75) is 37.7 Å². The molecule has 2 N–H and O–H groups in total. The summed E-state index contributed by atoms with van der Waals surface area (Å²) in [6.07, 6.45) is 0. The van der Waals surface area contributed by atoms with Gasteiger partial charge in [0.15, 0.2) is 11.0 Å². The molecule has 3 rings (SSSR count). The number of rotatable bonds is 7. The minimum absolute atomic E-state index is 0.0611. The number of para-hydroxylation sites is 1. The monoisotopic (exact) mass is 429 g/mol. The van der Waals surface area contributed by atoms with Gasteiger partial charge >= 0.3 is 0 Å². The molecular formula is C21H24ClN5OS. The Labute approximate surface area is 180 Å². The molecule has 8 heteroatoms. The Morgan fingerprint density at radius 2 is 1.86 bits per heavy atom. The molecule has 0 bridgehead atoms. The third-order valence-electron chi connectivity index (χ3n) is 4.58. The van der Waals surface area contributed by atoms with Gasteiger partial charge in [0.25, 0.3) is 0 Å². The number of aryl methyl sites for hydroxylation is 2. The molecule has 152 valence electrons. The van der Waals surface area contributed by atoms with Crippen LogP contribution in [0.25, 0.3) is 0 Å². The zero-order valence-corrected chi connectivity index (χ0v) is 18.4. The lowest BCUT2D eigenvalue weighted by molar-refractivity contribution is -0.115. The SMILES string of the molecule is Cc1cccc(C)c1NC(=O)[C@H](C)Sc1nnc(CNc2cccc(Cl)c2)n1C. The molecule has 0 radical (unpaired) electrons. The molecule has 1 atom stereocenters. The summed E-state index contributed by atoms with van der Waals surface area (Å²) in [7, 11) is 1.90. The molecule has 0 saturated carbocycles. The molecular weight excluding hydrogens is 406 g/mol. The fourth-order valence-electron chi connectivity index (χ4n) is 2.83. The molecule has 0 aliphatic carbocycles. The number of hydrogen-bond donors (Lipinski definition) is 2. The van der Waals surface area contributed by atoms with Crippen LogP contribution >= 0.6 is 23.4 Å². The first-order valence-electron chi connectivity index (χ1n) is 9.26. The van der Waals surface area contributed by atoms with Crippen LogP contribution in [0, 0.1) is 13.8 Å². The average Bonchev–Trinajstić information content (AvgIpc) is 3.02. The highest BCUT2D eigenvalue weighted by Gasteiger charge is 2.20. The Morgan fingerprint density at radius 3 is 2.55 bits per heavy atom. The number of thioether (sulfide) groups is 1. The van der Waals surface area contributed by atoms with Gasteiger partial charge in [-0.3, -0.25) is 4.79 Å². The van der Waals surface area contributed by atoms with Gasteiger partial charge in [-0.2, -0.15) is 0 Å². The highest BCUT2D eigenvalue weighted by atomic mass is 35.5. The highest BCUT2D eigenvalue weighted by molar-refractivity contribution is 8.00. The van der Waals surface area contributed by atoms with Crippen LogP contribution in [0.3, 0.4) is 0 Å². The van der Waals surface area contributed by atoms with E-state index < -0.39 is 0 Å². The minimum atomic E-state index is -0.314. The summed E-state index contributed by atoms with van der Waals surface area (Å²) in [4.78, 5) is 12.7. The van der Waals surface area contributed by atoms with Crippen LogP contribution in [0.2, 0.25) is 5.02 Å². The van der Waals surface area contributed by atoms with Gasteiger partial charge < -0.3 is 15.2 Å². The molecule has 1 heterocycles. The van der Waals surface area contributed by atoms with Crippen molar-refractivity contribution in [3.8, 4) is 0 Å². The van der Waals surface area contributed by atoms with Gasteiger partial charge in [0, 0.05) is 23.4 Å². The maximum Gasteiger partial charge on any atom is 0.237 e. The molecule has 0 aliphatic heterocycles. The molecule has 0 aliphatic rings. The smallest absolute Gasteiger partial charge is 0.237 e. The Hall–Kier alpha value is -2.51. The number of carbonyl (C=O) groups is 1. The highest BCUT2D eigenvalue weighted by Crippen LogP contribution is 2.25. The summed E-state index contributed by atoms with van der Waals surface area (Å²) in [5.41, 5.74) is 3.87. The van der Waals surface area contributed by atoms with E-state index in [1.54, 1.807) is 0 Å². The topological polar surface area (TPSA) is 71.8 Å². The Kier molecular flexibility index (Phi) is 6.82. The molecule has 29 heavy (non-hydrogen) atoms. The van der Waals surface area contributed by atoms with Crippen molar-refractivity contribution in [2.75, 3.05) is 10.6 Å². The summed E-state index contributed by atoms with van der Waals surface area (Å²) >= 11 is 7.39. The maximum atomic E-state index is 12.7. The summed E-state index contributed by atoms with van der Waals surface area (Å²) in [5, 5.41) is 15.8. The quantitative estimate of drug-likeness (QED) is 0.527. The molecule has 2 aromatic carbocycles. The van der Waals surface area contributed by atoms with Crippen LogP contribution in [-0.4, -0.2) is 25.9 Å². The molecule has 1 aromatic heterocycles. The van der Waals surface area contributed by atoms with E-state index in [0.717, 1.165) is 28.3 Å². The Morgan fingerprint density at radius 1 is 1.17 bits per heavy atom. The van der Waals surface area contributed by atoms with Crippen LogP contribution in [0.4, 0.5) is 11.4 Å². The van der Waals surface area contributed by atoms with E-state index in [-0.39, 0.29) is 11.2 Å². The van der Waals surface area contributed by atoms with Crippen molar-refractivity contribution in [3.63, 3.8) is 0 Å². The van der Waals surface area contributed by atoms with Gasteiger partial charge in [-0.1, -0.05) is 47.6 Å². The normalized spacial score (nSPS) is 11.9. The van der Waals surface area contributed by atoms with Gasteiger partial charge in [0.05, 0.1) is 11.8 Å². The average molecular weight is 430 g/mol. The second kappa shape index (κ2) is 9.33. The second-order valence-electron chi connectivity index (χ2n) is 6.84. The number of carbonyl (C=O) groups excluding carboxylic acids is 1. The van der Waals surface area contributed by atoms with Crippen LogP contribution in [0.5, 0.6) is 0 Å². The van der Waals surface area contributed by atoms with Gasteiger partial charge in [-0.05, 0) is 50.1 Å². The number of anilines is 2. The number of nitrogens with one attached hydrogen (secondary N) is 2. The van der Waals surface area contributed by atoms with Crippen LogP contribution in [0.1, 0.15) is 23.9 Å². The van der Waals surface area contributed by atoms with E-state index in [9.17, 15) is 4.79 Å². The third kappa shape index (κ3) is 5.31. The summed E-state index contributed by atoms with van der Waals surface area (Å²) < 4.78 is 1.89. The Balaban J connectivity index is 1.62. The summed E-state index contributed by atoms with van der Waals surface area (Å²) in [5.74, 6) is 0.712. The lowest BCUT2D eigenvalue weighted by Gasteiger charge is -2.15.